The van der Waals surface area contributed by atoms with Crippen molar-refractivity contribution in [2.24, 2.45) is 11.7 Å². The summed E-state index contributed by atoms with van der Waals surface area (Å²) >= 11 is 0. The highest BCUT2D eigenvalue weighted by molar-refractivity contribution is 5.82. The van der Waals surface area contributed by atoms with E-state index in [2.05, 4.69) is 15.3 Å². The fourth-order valence-corrected chi connectivity index (χ4v) is 2.19. The number of H-pyrrole nitrogens is 1. The van der Waals surface area contributed by atoms with Crippen LogP contribution in [0.2, 0.25) is 0 Å². The molecule has 21 heavy (non-hydrogen) atoms. The van der Waals surface area contributed by atoms with Gasteiger partial charge in [-0.3, -0.25) is 4.79 Å². The van der Waals surface area contributed by atoms with Gasteiger partial charge >= 0.3 is 0 Å². The normalized spacial score (nSPS) is 14.3. The first-order valence-corrected chi connectivity index (χ1v) is 7.02. The maximum atomic E-state index is 12.1. The van der Waals surface area contributed by atoms with E-state index in [0.29, 0.717) is 0 Å². The van der Waals surface area contributed by atoms with Crippen LogP contribution in [-0.4, -0.2) is 35.6 Å². The van der Waals surface area contributed by atoms with E-state index < -0.39 is 6.04 Å². The molecule has 0 aliphatic carbocycles. The smallest absolute Gasteiger partial charge is 0.239 e. The number of carbonyl (C=O) groups excluding carboxylic acids is 1. The molecular formula is C15H22N4O2. The van der Waals surface area contributed by atoms with E-state index in [-0.39, 0.29) is 24.5 Å². The molecule has 0 saturated carbocycles. The molecule has 1 aromatic carbocycles. The topological polar surface area (TPSA) is 93.0 Å². The number of para-hydroxylation sites is 2. The molecule has 1 aromatic heterocycles. The summed E-state index contributed by atoms with van der Waals surface area (Å²) in [6, 6.07) is 6.88. The van der Waals surface area contributed by atoms with Crippen LogP contribution < -0.4 is 11.1 Å². The van der Waals surface area contributed by atoms with Gasteiger partial charge < -0.3 is 20.8 Å². The summed E-state index contributed by atoms with van der Waals surface area (Å²) in [4.78, 5) is 19.9. The molecule has 0 fully saturated rings. The van der Waals surface area contributed by atoms with Crippen molar-refractivity contribution in [2.75, 3.05) is 13.7 Å². The van der Waals surface area contributed by atoms with Crippen molar-refractivity contribution in [1.29, 1.82) is 0 Å². The molecule has 2 aromatic rings. The minimum Gasteiger partial charge on any atom is -0.383 e. The third kappa shape index (κ3) is 3.59. The van der Waals surface area contributed by atoms with Crippen molar-refractivity contribution in [3.63, 3.8) is 0 Å². The molecule has 2 rings (SSSR count). The van der Waals surface area contributed by atoms with E-state index in [0.717, 1.165) is 16.9 Å². The number of fused-ring (bicyclic) bond motifs is 1. The van der Waals surface area contributed by atoms with Crippen LogP contribution in [0, 0.1) is 5.92 Å². The van der Waals surface area contributed by atoms with Crippen LogP contribution in [0.3, 0.4) is 0 Å². The van der Waals surface area contributed by atoms with Crippen molar-refractivity contribution in [3.8, 4) is 0 Å². The number of nitrogens with two attached hydrogens (primary N) is 1. The number of rotatable bonds is 6. The second-order valence-electron chi connectivity index (χ2n) is 5.43. The molecule has 4 N–H and O–H groups in total. The number of carbonyl (C=O) groups is 1. The van der Waals surface area contributed by atoms with Gasteiger partial charge in [-0.25, -0.2) is 4.98 Å². The van der Waals surface area contributed by atoms with Crippen molar-refractivity contribution in [1.82, 2.24) is 15.3 Å². The number of nitrogens with one attached hydrogen (secondary N) is 2. The first-order chi connectivity index (χ1) is 10.0. The van der Waals surface area contributed by atoms with Gasteiger partial charge in [0.1, 0.15) is 11.9 Å². The summed E-state index contributed by atoms with van der Waals surface area (Å²) in [5, 5.41) is 2.94. The number of ether oxygens (including phenoxy) is 1. The molecule has 2 unspecified atom stereocenters. The zero-order valence-corrected chi connectivity index (χ0v) is 12.6. The quantitative estimate of drug-likeness (QED) is 0.748. The van der Waals surface area contributed by atoms with Crippen LogP contribution in [0.1, 0.15) is 25.7 Å². The predicted octanol–water partition coefficient (Wildman–Crippen LogP) is 1.35. The fraction of sp³-hybridized carbons (Fsp3) is 0.467. The van der Waals surface area contributed by atoms with Crippen LogP contribution in [0.5, 0.6) is 0 Å². The standard InChI is InChI=1S/C15H22N4O2/c1-9(2)13(19-15(20)10(16)8-21-3)14-17-11-6-4-5-7-12(11)18-14/h4-7,9-10,13H,8,16H2,1-3H3,(H,17,18)(H,19,20). The highest BCUT2D eigenvalue weighted by Crippen LogP contribution is 2.22. The van der Waals surface area contributed by atoms with Crippen LogP contribution in [0.25, 0.3) is 11.0 Å². The lowest BCUT2D eigenvalue weighted by molar-refractivity contribution is -0.124. The average molecular weight is 290 g/mol. The van der Waals surface area contributed by atoms with E-state index in [1.54, 1.807) is 0 Å². The Labute approximate surface area is 124 Å². The molecule has 114 valence electrons. The largest absolute Gasteiger partial charge is 0.383 e. The van der Waals surface area contributed by atoms with E-state index in [4.69, 9.17) is 10.5 Å². The van der Waals surface area contributed by atoms with Gasteiger partial charge in [-0.15, -0.1) is 0 Å². The summed E-state index contributed by atoms with van der Waals surface area (Å²) in [6.07, 6.45) is 0. The van der Waals surface area contributed by atoms with Crippen molar-refractivity contribution in [3.05, 3.63) is 30.1 Å². The van der Waals surface area contributed by atoms with Crippen molar-refractivity contribution >= 4 is 16.9 Å². The second-order valence-corrected chi connectivity index (χ2v) is 5.43. The predicted molar refractivity (Wildman–Crippen MR) is 81.7 cm³/mol. The van der Waals surface area contributed by atoms with Crippen molar-refractivity contribution < 1.29 is 9.53 Å². The van der Waals surface area contributed by atoms with E-state index in [1.165, 1.54) is 7.11 Å². The Balaban J connectivity index is 2.20. The number of imidazole rings is 1. The lowest BCUT2D eigenvalue weighted by Gasteiger charge is -2.22. The molecule has 0 bridgehead atoms. The Morgan fingerprint density at radius 1 is 1.43 bits per heavy atom. The maximum absolute atomic E-state index is 12.1. The van der Waals surface area contributed by atoms with Gasteiger partial charge in [0.05, 0.1) is 23.7 Å². The van der Waals surface area contributed by atoms with Gasteiger partial charge in [-0.05, 0) is 18.1 Å². The number of aromatic nitrogens is 2. The van der Waals surface area contributed by atoms with Gasteiger partial charge in [0.2, 0.25) is 5.91 Å². The number of amides is 1. The highest BCUT2D eigenvalue weighted by Gasteiger charge is 2.24. The number of hydrogen-bond acceptors (Lipinski definition) is 4. The van der Waals surface area contributed by atoms with Gasteiger partial charge in [-0.1, -0.05) is 26.0 Å². The molecule has 6 nitrogen and oxygen atoms in total. The minimum absolute atomic E-state index is 0.184. The molecule has 0 aliphatic heterocycles. The number of hydrogen-bond donors (Lipinski definition) is 3. The summed E-state index contributed by atoms with van der Waals surface area (Å²) in [7, 11) is 1.52. The molecular weight excluding hydrogens is 268 g/mol. The van der Waals surface area contributed by atoms with E-state index in [1.807, 2.05) is 38.1 Å². The van der Waals surface area contributed by atoms with Gasteiger partial charge in [0.15, 0.2) is 0 Å². The molecule has 0 aliphatic rings. The second kappa shape index (κ2) is 6.69. The number of benzene rings is 1. The number of methoxy groups -OCH3 is 1. The maximum Gasteiger partial charge on any atom is 0.239 e. The molecule has 1 amide bonds. The Hall–Kier alpha value is -1.92. The van der Waals surface area contributed by atoms with Crippen molar-refractivity contribution in [2.45, 2.75) is 25.9 Å². The van der Waals surface area contributed by atoms with E-state index >= 15 is 0 Å². The monoisotopic (exact) mass is 290 g/mol. The Morgan fingerprint density at radius 2 is 2.14 bits per heavy atom. The molecule has 0 radical (unpaired) electrons. The van der Waals surface area contributed by atoms with Crippen LogP contribution >= 0.6 is 0 Å². The third-order valence-electron chi connectivity index (χ3n) is 3.35. The Morgan fingerprint density at radius 3 is 2.76 bits per heavy atom. The molecule has 0 spiro atoms. The highest BCUT2D eigenvalue weighted by atomic mass is 16.5. The average Bonchev–Trinajstić information content (AvgIpc) is 2.87. The first-order valence-electron chi connectivity index (χ1n) is 7.02. The third-order valence-corrected chi connectivity index (χ3v) is 3.35. The SMILES string of the molecule is COCC(N)C(=O)NC(c1nc2ccccc2[nH]1)C(C)C. The Bertz CT molecular complexity index is 575. The van der Waals surface area contributed by atoms with Gasteiger partial charge in [-0.2, -0.15) is 0 Å². The summed E-state index contributed by atoms with van der Waals surface area (Å²) < 4.78 is 4.91. The lowest BCUT2D eigenvalue weighted by atomic mass is 10.0. The lowest BCUT2D eigenvalue weighted by Crippen LogP contribution is -2.46. The molecule has 6 heteroatoms. The molecule has 2 atom stereocenters. The zero-order valence-electron chi connectivity index (χ0n) is 12.6. The first kappa shape index (κ1) is 15.5. The zero-order chi connectivity index (χ0) is 15.4. The summed E-state index contributed by atoms with van der Waals surface area (Å²) in [5.74, 6) is 0.685. The van der Waals surface area contributed by atoms with Crippen LogP contribution in [0.15, 0.2) is 24.3 Å². The van der Waals surface area contributed by atoms with Crippen LogP contribution in [-0.2, 0) is 9.53 Å². The van der Waals surface area contributed by atoms with Crippen LogP contribution in [0.4, 0.5) is 0 Å². The summed E-state index contributed by atoms with van der Waals surface area (Å²) in [5.41, 5.74) is 7.60. The summed E-state index contributed by atoms with van der Waals surface area (Å²) in [6.45, 7) is 4.25. The Kier molecular flexibility index (Phi) is 4.93. The van der Waals surface area contributed by atoms with Gasteiger partial charge in [0.25, 0.3) is 0 Å². The fourth-order valence-electron chi connectivity index (χ4n) is 2.19. The number of nitrogens with zero attached hydrogens (tertiary/aromatic N) is 1. The van der Waals surface area contributed by atoms with E-state index in [9.17, 15) is 4.79 Å². The molecule has 1 heterocycles. The molecule has 0 saturated heterocycles. The minimum atomic E-state index is -0.680. The van der Waals surface area contributed by atoms with Gasteiger partial charge in [0, 0.05) is 7.11 Å². The number of aromatic amines is 1.